The Kier molecular flexibility index (Phi) is 8.36. The minimum Gasteiger partial charge on any atom is -0.383 e. The molecule has 2 heteroatoms. The summed E-state index contributed by atoms with van der Waals surface area (Å²) < 4.78 is 5.09. The molecule has 1 aliphatic carbocycles. The molecular formula is C16H31NO. The molecule has 0 heterocycles. The van der Waals surface area contributed by atoms with E-state index in [1.165, 1.54) is 38.5 Å². The quantitative estimate of drug-likeness (QED) is 0.525. The van der Waals surface area contributed by atoms with Crippen LogP contribution in [0.15, 0.2) is 11.6 Å². The second-order valence-corrected chi connectivity index (χ2v) is 5.63. The van der Waals surface area contributed by atoms with Gasteiger partial charge in [0.2, 0.25) is 0 Å². The Morgan fingerprint density at radius 3 is 2.67 bits per heavy atom. The zero-order valence-electron chi connectivity index (χ0n) is 12.5. The molecule has 0 radical (unpaired) electrons. The first-order chi connectivity index (χ1) is 8.77. The number of methoxy groups -OCH3 is 1. The van der Waals surface area contributed by atoms with Crippen LogP contribution >= 0.6 is 0 Å². The first-order valence-electron chi connectivity index (χ1n) is 7.68. The molecule has 0 aromatic heterocycles. The van der Waals surface area contributed by atoms with Crippen molar-refractivity contribution in [1.82, 2.24) is 5.32 Å². The Hall–Kier alpha value is -0.340. The van der Waals surface area contributed by atoms with E-state index in [0.717, 1.165) is 25.6 Å². The van der Waals surface area contributed by atoms with E-state index in [4.69, 9.17) is 4.74 Å². The van der Waals surface area contributed by atoms with Gasteiger partial charge in [-0.1, -0.05) is 51.2 Å². The summed E-state index contributed by atoms with van der Waals surface area (Å²) in [6, 6.07) is 0. The van der Waals surface area contributed by atoms with Gasteiger partial charge in [0.15, 0.2) is 0 Å². The van der Waals surface area contributed by atoms with Crippen LogP contribution in [0.1, 0.15) is 52.4 Å². The first-order valence-corrected chi connectivity index (χ1v) is 7.68. The summed E-state index contributed by atoms with van der Waals surface area (Å²) in [5.41, 5.74) is 1.65. The maximum atomic E-state index is 5.09. The van der Waals surface area contributed by atoms with E-state index >= 15 is 0 Å². The summed E-state index contributed by atoms with van der Waals surface area (Å²) >= 11 is 0. The van der Waals surface area contributed by atoms with Crippen LogP contribution < -0.4 is 5.32 Å². The number of allylic oxidation sites excluding steroid dienone is 1. The molecule has 1 fully saturated rings. The van der Waals surface area contributed by atoms with Gasteiger partial charge in [-0.2, -0.15) is 0 Å². The highest BCUT2D eigenvalue weighted by Crippen LogP contribution is 2.30. The molecule has 106 valence electrons. The highest BCUT2D eigenvalue weighted by Gasteiger charge is 2.17. The molecule has 18 heavy (non-hydrogen) atoms. The van der Waals surface area contributed by atoms with E-state index in [0.29, 0.717) is 5.92 Å². The van der Waals surface area contributed by atoms with E-state index in [1.807, 2.05) is 0 Å². The van der Waals surface area contributed by atoms with Crippen molar-refractivity contribution in [3.8, 4) is 0 Å². The first kappa shape index (κ1) is 15.7. The molecular weight excluding hydrogens is 222 g/mol. The molecule has 1 atom stereocenters. The fraction of sp³-hybridized carbons (Fsp3) is 0.875. The van der Waals surface area contributed by atoms with Gasteiger partial charge >= 0.3 is 0 Å². The molecule has 0 aromatic carbocycles. The van der Waals surface area contributed by atoms with E-state index in [9.17, 15) is 0 Å². The zero-order valence-corrected chi connectivity index (χ0v) is 12.5. The second-order valence-electron chi connectivity index (χ2n) is 5.63. The van der Waals surface area contributed by atoms with Crippen molar-refractivity contribution < 1.29 is 4.74 Å². The van der Waals surface area contributed by atoms with Crippen LogP contribution in [-0.2, 0) is 4.74 Å². The van der Waals surface area contributed by atoms with Crippen molar-refractivity contribution in [3.63, 3.8) is 0 Å². The van der Waals surface area contributed by atoms with Crippen LogP contribution in [0, 0.1) is 11.8 Å². The van der Waals surface area contributed by atoms with E-state index in [2.05, 4.69) is 25.2 Å². The normalized spacial score (nSPS) is 20.1. The van der Waals surface area contributed by atoms with Gasteiger partial charge < -0.3 is 10.1 Å². The van der Waals surface area contributed by atoms with Gasteiger partial charge in [-0.05, 0) is 24.7 Å². The standard InChI is InChI=1S/C16H31NO/c1-4-14(2)12-16(13-17-10-11-18-3)15-8-6-5-7-9-15/h12,14-15,17H,4-11,13H2,1-3H3. The van der Waals surface area contributed by atoms with Gasteiger partial charge in [-0.3, -0.25) is 0 Å². The van der Waals surface area contributed by atoms with Crippen molar-refractivity contribution in [2.45, 2.75) is 52.4 Å². The minimum atomic E-state index is 0.714. The maximum Gasteiger partial charge on any atom is 0.0587 e. The summed E-state index contributed by atoms with van der Waals surface area (Å²) in [6.45, 7) is 7.43. The molecule has 0 spiro atoms. The van der Waals surface area contributed by atoms with Crippen LogP contribution in [0.5, 0.6) is 0 Å². The van der Waals surface area contributed by atoms with Crippen LogP contribution in [0.25, 0.3) is 0 Å². The molecule has 1 rings (SSSR count). The topological polar surface area (TPSA) is 21.3 Å². The van der Waals surface area contributed by atoms with Crippen molar-refractivity contribution >= 4 is 0 Å². The monoisotopic (exact) mass is 253 g/mol. The average molecular weight is 253 g/mol. The van der Waals surface area contributed by atoms with Crippen LogP contribution in [-0.4, -0.2) is 26.8 Å². The summed E-state index contributed by atoms with van der Waals surface area (Å²) in [6.07, 6.45) is 10.8. The minimum absolute atomic E-state index is 0.714. The van der Waals surface area contributed by atoms with Gasteiger partial charge in [0.1, 0.15) is 0 Å². The molecule has 0 saturated heterocycles. The number of nitrogens with one attached hydrogen (secondary N) is 1. The summed E-state index contributed by atoms with van der Waals surface area (Å²) in [5.74, 6) is 1.55. The van der Waals surface area contributed by atoms with Crippen LogP contribution in [0.4, 0.5) is 0 Å². The molecule has 0 aromatic rings. The Labute approximate surface area is 113 Å². The largest absolute Gasteiger partial charge is 0.383 e. The van der Waals surface area contributed by atoms with Gasteiger partial charge in [0.25, 0.3) is 0 Å². The summed E-state index contributed by atoms with van der Waals surface area (Å²) in [7, 11) is 1.76. The fourth-order valence-corrected chi connectivity index (χ4v) is 2.70. The highest BCUT2D eigenvalue weighted by atomic mass is 16.5. The van der Waals surface area contributed by atoms with Crippen LogP contribution in [0.2, 0.25) is 0 Å². The third-order valence-electron chi connectivity index (χ3n) is 4.08. The van der Waals surface area contributed by atoms with Crippen molar-refractivity contribution in [2.75, 3.05) is 26.8 Å². The Bertz CT molecular complexity index is 231. The van der Waals surface area contributed by atoms with Crippen molar-refractivity contribution in [3.05, 3.63) is 11.6 Å². The Balaban J connectivity index is 2.48. The smallest absolute Gasteiger partial charge is 0.0587 e. The third-order valence-corrected chi connectivity index (χ3v) is 4.08. The molecule has 1 unspecified atom stereocenters. The van der Waals surface area contributed by atoms with Crippen molar-refractivity contribution in [1.29, 1.82) is 0 Å². The number of ether oxygens (including phenoxy) is 1. The maximum absolute atomic E-state index is 5.09. The third kappa shape index (κ3) is 6.01. The van der Waals surface area contributed by atoms with E-state index < -0.39 is 0 Å². The lowest BCUT2D eigenvalue weighted by atomic mass is 9.82. The predicted octanol–water partition coefficient (Wildman–Crippen LogP) is 3.78. The Morgan fingerprint density at radius 1 is 1.33 bits per heavy atom. The summed E-state index contributed by atoms with van der Waals surface area (Å²) in [4.78, 5) is 0. The second kappa shape index (κ2) is 9.57. The molecule has 0 aliphatic heterocycles. The number of hydrogen-bond donors (Lipinski definition) is 1. The molecule has 2 nitrogen and oxygen atoms in total. The SMILES string of the molecule is CCC(C)C=C(CNCCOC)C1CCCCC1. The lowest BCUT2D eigenvalue weighted by Gasteiger charge is -2.26. The fourth-order valence-electron chi connectivity index (χ4n) is 2.70. The molecule has 1 saturated carbocycles. The van der Waals surface area contributed by atoms with Crippen LogP contribution in [0.3, 0.4) is 0 Å². The van der Waals surface area contributed by atoms with Gasteiger partial charge in [-0.25, -0.2) is 0 Å². The molecule has 1 aliphatic rings. The molecule has 1 N–H and O–H groups in total. The average Bonchev–Trinajstić information content (AvgIpc) is 2.43. The number of rotatable bonds is 8. The van der Waals surface area contributed by atoms with E-state index in [1.54, 1.807) is 12.7 Å². The predicted molar refractivity (Wildman–Crippen MR) is 78.9 cm³/mol. The number of hydrogen-bond acceptors (Lipinski definition) is 2. The van der Waals surface area contributed by atoms with Gasteiger partial charge in [0, 0.05) is 20.2 Å². The van der Waals surface area contributed by atoms with Gasteiger partial charge in [0.05, 0.1) is 6.61 Å². The highest BCUT2D eigenvalue weighted by molar-refractivity contribution is 5.11. The lowest BCUT2D eigenvalue weighted by Crippen LogP contribution is -2.25. The van der Waals surface area contributed by atoms with Crippen molar-refractivity contribution in [2.24, 2.45) is 11.8 Å². The Morgan fingerprint density at radius 2 is 2.06 bits per heavy atom. The van der Waals surface area contributed by atoms with E-state index in [-0.39, 0.29) is 0 Å². The molecule has 0 bridgehead atoms. The lowest BCUT2D eigenvalue weighted by molar-refractivity contribution is 0.200. The zero-order chi connectivity index (χ0) is 13.2. The van der Waals surface area contributed by atoms with Gasteiger partial charge in [-0.15, -0.1) is 0 Å². The summed E-state index contributed by atoms with van der Waals surface area (Å²) in [5, 5.41) is 3.52. The molecule has 0 amide bonds.